The van der Waals surface area contributed by atoms with E-state index in [2.05, 4.69) is 37.4 Å². The number of hydrogen-bond donors (Lipinski definition) is 1. The Hall–Kier alpha value is -1.02. The van der Waals surface area contributed by atoms with E-state index in [0.717, 1.165) is 18.1 Å². The van der Waals surface area contributed by atoms with Crippen LogP contribution in [0.3, 0.4) is 0 Å². The van der Waals surface area contributed by atoms with E-state index >= 15 is 0 Å². The Kier molecular flexibility index (Phi) is 3.06. The van der Waals surface area contributed by atoms with Gasteiger partial charge in [-0.05, 0) is 69.3 Å². The number of benzene rings is 1. The van der Waals surface area contributed by atoms with Crippen LogP contribution in [-0.2, 0) is 12.8 Å². The summed E-state index contributed by atoms with van der Waals surface area (Å²) in [5.41, 5.74) is 2.78. The highest BCUT2D eigenvalue weighted by Crippen LogP contribution is 2.35. The molecular formula is C16H23NO. The first kappa shape index (κ1) is 12.0. The summed E-state index contributed by atoms with van der Waals surface area (Å²) in [6.07, 6.45) is 4.90. The molecule has 1 aromatic rings. The van der Waals surface area contributed by atoms with Crippen LogP contribution in [0.2, 0.25) is 0 Å². The van der Waals surface area contributed by atoms with Crippen LogP contribution in [0.15, 0.2) is 18.2 Å². The van der Waals surface area contributed by atoms with Crippen molar-refractivity contribution in [2.45, 2.75) is 45.1 Å². The highest BCUT2D eigenvalue weighted by molar-refractivity contribution is 5.42. The van der Waals surface area contributed by atoms with Crippen molar-refractivity contribution in [3.05, 3.63) is 29.3 Å². The predicted octanol–water partition coefficient (Wildman–Crippen LogP) is 2.94. The zero-order valence-corrected chi connectivity index (χ0v) is 11.5. The molecule has 1 fully saturated rings. The highest BCUT2D eigenvalue weighted by atomic mass is 16.5. The summed E-state index contributed by atoms with van der Waals surface area (Å²) in [6, 6.07) is 6.81. The number of rotatable bonds is 2. The van der Waals surface area contributed by atoms with Crippen molar-refractivity contribution in [3.63, 3.8) is 0 Å². The van der Waals surface area contributed by atoms with Crippen molar-refractivity contribution < 1.29 is 4.74 Å². The van der Waals surface area contributed by atoms with Crippen molar-refractivity contribution in [2.75, 3.05) is 13.1 Å². The van der Waals surface area contributed by atoms with Gasteiger partial charge < -0.3 is 10.1 Å². The van der Waals surface area contributed by atoms with Gasteiger partial charge in [0.1, 0.15) is 11.4 Å². The van der Waals surface area contributed by atoms with Crippen molar-refractivity contribution >= 4 is 0 Å². The number of piperidine rings is 1. The summed E-state index contributed by atoms with van der Waals surface area (Å²) >= 11 is 0. The number of nitrogens with one attached hydrogen (secondary N) is 1. The van der Waals surface area contributed by atoms with Gasteiger partial charge in [0.2, 0.25) is 0 Å². The van der Waals surface area contributed by atoms with Gasteiger partial charge in [-0.1, -0.05) is 12.1 Å². The Bertz CT molecular complexity index is 433. The third-order valence-electron chi connectivity index (χ3n) is 4.06. The topological polar surface area (TPSA) is 21.3 Å². The molecule has 0 radical (unpaired) electrons. The molecule has 2 aliphatic heterocycles. The second-order valence-corrected chi connectivity index (χ2v) is 6.40. The smallest absolute Gasteiger partial charge is 0.123 e. The van der Waals surface area contributed by atoms with Crippen LogP contribution in [0, 0.1) is 5.92 Å². The predicted molar refractivity (Wildman–Crippen MR) is 74.2 cm³/mol. The first-order chi connectivity index (χ1) is 8.62. The van der Waals surface area contributed by atoms with Crippen LogP contribution >= 0.6 is 0 Å². The summed E-state index contributed by atoms with van der Waals surface area (Å²) in [7, 11) is 0. The lowest BCUT2D eigenvalue weighted by molar-refractivity contribution is 0.138. The van der Waals surface area contributed by atoms with E-state index in [-0.39, 0.29) is 5.60 Å². The van der Waals surface area contributed by atoms with Crippen LogP contribution in [0.4, 0.5) is 0 Å². The Labute approximate surface area is 110 Å². The molecule has 0 aliphatic carbocycles. The maximum Gasteiger partial charge on any atom is 0.123 e. The normalized spacial score (nSPS) is 25.6. The minimum absolute atomic E-state index is 0.0205. The molecule has 1 atom stereocenters. The van der Waals surface area contributed by atoms with Crippen LogP contribution in [-0.4, -0.2) is 18.7 Å². The molecule has 0 bridgehead atoms. The third kappa shape index (κ3) is 2.54. The van der Waals surface area contributed by atoms with E-state index in [9.17, 15) is 0 Å². The molecule has 1 saturated heterocycles. The van der Waals surface area contributed by atoms with Crippen molar-refractivity contribution in [1.82, 2.24) is 5.32 Å². The van der Waals surface area contributed by atoms with Crippen molar-refractivity contribution in [1.29, 1.82) is 0 Å². The van der Waals surface area contributed by atoms with Gasteiger partial charge in [0.15, 0.2) is 0 Å². The van der Waals surface area contributed by atoms with Gasteiger partial charge >= 0.3 is 0 Å². The first-order valence-corrected chi connectivity index (χ1v) is 7.14. The fraction of sp³-hybridized carbons (Fsp3) is 0.625. The molecule has 2 heterocycles. The van der Waals surface area contributed by atoms with Crippen LogP contribution in [0.1, 0.15) is 37.8 Å². The average Bonchev–Trinajstić information content (AvgIpc) is 2.63. The van der Waals surface area contributed by atoms with E-state index in [0.29, 0.717) is 0 Å². The third-order valence-corrected chi connectivity index (χ3v) is 4.06. The SMILES string of the molecule is CC1(C)Cc2ccc(CC3CCCNC3)cc2O1. The Morgan fingerprint density at radius 3 is 3.06 bits per heavy atom. The van der Waals surface area contributed by atoms with Crippen LogP contribution < -0.4 is 10.1 Å². The molecule has 1 N–H and O–H groups in total. The van der Waals surface area contributed by atoms with Crippen molar-refractivity contribution in [3.8, 4) is 5.75 Å². The molecule has 0 aromatic heterocycles. The number of ether oxygens (including phenoxy) is 1. The maximum absolute atomic E-state index is 6.01. The molecule has 18 heavy (non-hydrogen) atoms. The summed E-state index contributed by atoms with van der Waals surface area (Å²) in [6.45, 7) is 6.69. The quantitative estimate of drug-likeness (QED) is 0.865. The second-order valence-electron chi connectivity index (χ2n) is 6.40. The molecule has 0 spiro atoms. The van der Waals surface area contributed by atoms with E-state index in [1.54, 1.807) is 0 Å². The van der Waals surface area contributed by atoms with Crippen LogP contribution in [0.5, 0.6) is 5.75 Å². The molecule has 3 rings (SSSR count). The summed E-state index contributed by atoms with van der Waals surface area (Å²) in [5, 5.41) is 3.49. The molecule has 1 aromatic carbocycles. The van der Waals surface area contributed by atoms with Gasteiger partial charge in [0.25, 0.3) is 0 Å². The molecule has 98 valence electrons. The lowest BCUT2D eigenvalue weighted by Gasteiger charge is -2.23. The minimum Gasteiger partial charge on any atom is -0.487 e. The molecule has 0 saturated carbocycles. The monoisotopic (exact) mass is 245 g/mol. The van der Waals surface area contributed by atoms with E-state index in [1.165, 1.54) is 43.5 Å². The van der Waals surface area contributed by atoms with Gasteiger partial charge in [-0.15, -0.1) is 0 Å². The molecule has 2 aliphatic rings. The zero-order valence-electron chi connectivity index (χ0n) is 11.5. The summed E-state index contributed by atoms with van der Waals surface area (Å²) in [4.78, 5) is 0. The van der Waals surface area contributed by atoms with E-state index in [1.807, 2.05) is 0 Å². The molecule has 2 heteroatoms. The Morgan fingerprint density at radius 1 is 1.39 bits per heavy atom. The van der Waals surface area contributed by atoms with Crippen molar-refractivity contribution in [2.24, 2.45) is 5.92 Å². The molecule has 1 unspecified atom stereocenters. The lowest BCUT2D eigenvalue weighted by atomic mass is 9.91. The number of hydrogen-bond acceptors (Lipinski definition) is 2. The fourth-order valence-corrected chi connectivity index (χ4v) is 3.19. The largest absolute Gasteiger partial charge is 0.487 e. The highest BCUT2D eigenvalue weighted by Gasteiger charge is 2.30. The first-order valence-electron chi connectivity index (χ1n) is 7.14. The Morgan fingerprint density at radius 2 is 2.28 bits per heavy atom. The molecule has 2 nitrogen and oxygen atoms in total. The van der Waals surface area contributed by atoms with Gasteiger partial charge in [0.05, 0.1) is 0 Å². The second kappa shape index (κ2) is 4.58. The lowest BCUT2D eigenvalue weighted by Crippen LogP contribution is -2.30. The van der Waals surface area contributed by atoms with Gasteiger partial charge in [-0.3, -0.25) is 0 Å². The van der Waals surface area contributed by atoms with E-state index in [4.69, 9.17) is 4.74 Å². The van der Waals surface area contributed by atoms with Gasteiger partial charge in [0, 0.05) is 6.42 Å². The van der Waals surface area contributed by atoms with Gasteiger partial charge in [-0.2, -0.15) is 0 Å². The standard InChI is InChI=1S/C16H23NO/c1-16(2)10-14-6-5-12(9-15(14)18-16)8-13-4-3-7-17-11-13/h5-6,9,13,17H,3-4,7-8,10-11H2,1-2H3. The summed E-state index contributed by atoms with van der Waals surface area (Å²) in [5.74, 6) is 1.91. The molecule has 0 amide bonds. The van der Waals surface area contributed by atoms with Gasteiger partial charge in [-0.25, -0.2) is 0 Å². The number of fused-ring (bicyclic) bond motifs is 1. The maximum atomic E-state index is 6.01. The zero-order chi connectivity index (χ0) is 12.6. The Balaban J connectivity index is 1.71. The van der Waals surface area contributed by atoms with E-state index < -0.39 is 0 Å². The fourth-order valence-electron chi connectivity index (χ4n) is 3.19. The van der Waals surface area contributed by atoms with Crippen LogP contribution in [0.25, 0.3) is 0 Å². The minimum atomic E-state index is -0.0205. The molecular weight excluding hydrogens is 222 g/mol. The summed E-state index contributed by atoms with van der Waals surface area (Å²) < 4.78 is 6.01. The average molecular weight is 245 g/mol.